The molecule has 0 atom stereocenters. The number of halogens is 1. The van der Waals surface area contributed by atoms with E-state index in [0.717, 1.165) is 31.6 Å². The standard InChI is InChI=1S/C12H17ClN2O/c1-12(16)5-7-15(8-6-12)11-9(13)3-2-4-10(11)14/h2-4,16H,5-8,14H2,1H3. The fourth-order valence-electron chi connectivity index (χ4n) is 2.08. The summed E-state index contributed by atoms with van der Waals surface area (Å²) in [7, 11) is 0. The fourth-order valence-corrected chi connectivity index (χ4v) is 2.38. The number of hydrogen-bond acceptors (Lipinski definition) is 3. The Balaban J connectivity index is 2.20. The summed E-state index contributed by atoms with van der Waals surface area (Å²) in [6.45, 7) is 3.46. The summed E-state index contributed by atoms with van der Waals surface area (Å²) >= 11 is 6.15. The van der Waals surface area contributed by atoms with Gasteiger partial charge in [-0.2, -0.15) is 0 Å². The van der Waals surface area contributed by atoms with Gasteiger partial charge in [-0.1, -0.05) is 17.7 Å². The molecule has 0 radical (unpaired) electrons. The van der Waals surface area contributed by atoms with Crippen molar-refractivity contribution in [3.05, 3.63) is 23.2 Å². The number of benzene rings is 1. The normalized spacial score (nSPS) is 19.8. The number of nitrogens with two attached hydrogens (primary N) is 1. The first kappa shape index (κ1) is 11.6. The molecule has 0 aromatic heterocycles. The topological polar surface area (TPSA) is 49.5 Å². The Morgan fingerprint density at radius 1 is 1.38 bits per heavy atom. The van der Waals surface area contributed by atoms with E-state index in [9.17, 15) is 5.11 Å². The van der Waals surface area contributed by atoms with Crippen molar-refractivity contribution in [1.29, 1.82) is 0 Å². The van der Waals surface area contributed by atoms with Crippen LogP contribution >= 0.6 is 11.6 Å². The summed E-state index contributed by atoms with van der Waals surface area (Å²) in [5.74, 6) is 0. The molecule has 1 aliphatic heterocycles. The molecule has 0 bridgehead atoms. The lowest BCUT2D eigenvalue weighted by Crippen LogP contribution is -2.42. The summed E-state index contributed by atoms with van der Waals surface area (Å²) in [5, 5.41) is 10.6. The molecule has 3 nitrogen and oxygen atoms in total. The average molecular weight is 241 g/mol. The lowest BCUT2D eigenvalue weighted by Gasteiger charge is -2.37. The first-order chi connectivity index (χ1) is 7.49. The second-order valence-corrected chi connectivity index (χ2v) is 5.07. The highest BCUT2D eigenvalue weighted by atomic mass is 35.5. The van der Waals surface area contributed by atoms with Gasteiger partial charge >= 0.3 is 0 Å². The fraction of sp³-hybridized carbons (Fsp3) is 0.500. The summed E-state index contributed by atoms with van der Waals surface area (Å²) < 4.78 is 0. The molecule has 1 aromatic rings. The second-order valence-electron chi connectivity index (χ2n) is 4.66. The number of para-hydroxylation sites is 1. The molecule has 0 aliphatic carbocycles. The van der Waals surface area contributed by atoms with Crippen LogP contribution in [-0.2, 0) is 0 Å². The van der Waals surface area contributed by atoms with E-state index in [2.05, 4.69) is 4.90 Å². The van der Waals surface area contributed by atoms with Gasteiger partial charge in [0.15, 0.2) is 0 Å². The highest BCUT2D eigenvalue weighted by Gasteiger charge is 2.28. The molecule has 0 amide bonds. The zero-order valence-corrected chi connectivity index (χ0v) is 10.2. The van der Waals surface area contributed by atoms with Crippen LogP contribution in [0, 0.1) is 0 Å². The van der Waals surface area contributed by atoms with Gasteiger partial charge in [-0.05, 0) is 31.9 Å². The lowest BCUT2D eigenvalue weighted by molar-refractivity contribution is 0.0351. The zero-order chi connectivity index (χ0) is 11.8. The van der Waals surface area contributed by atoms with Gasteiger partial charge in [0.05, 0.1) is 22.0 Å². The molecule has 2 rings (SSSR count). The smallest absolute Gasteiger partial charge is 0.0789 e. The average Bonchev–Trinajstić information content (AvgIpc) is 2.20. The van der Waals surface area contributed by atoms with Gasteiger partial charge in [-0.25, -0.2) is 0 Å². The highest BCUT2D eigenvalue weighted by Crippen LogP contribution is 2.35. The maximum Gasteiger partial charge on any atom is 0.0789 e. The van der Waals surface area contributed by atoms with Crippen molar-refractivity contribution in [2.45, 2.75) is 25.4 Å². The van der Waals surface area contributed by atoms with Gasteiger partial charge in [0.1, 0.15) is 0 Å². The van der Waals surface area contributed by atoms with E-state index in [1.165, 1.54) is 0 Å². The first-order valence-corrected chi connectivity index (χ1v) is 5.89. The predicted molar refractivity (Wildman–Crippen MR) is 67.9 cm³/mol. The molecule has 0 spiro atoms. The molecule has 16 heavy (non-hydrogen) atoms. The molecule has 4 heteroatoms. The monoisotopic (exact) mass is 240 g/mol. The van der Waals surface area contributed by atoms with Crippen molar-refractivity contribution >= 4 is 23.0 Å². The molecule has 1 fully saturated rings. The summed E-state index contributed by atoms with van der Waals surface area (Å²) in [6, 6.07) is 5.55. The third-order valence-electron chi connectivity index (χ3n) is 3.17. The number of nitrogens with zero attached hydrogens (tertiary/aromatic N) is 1. The van der Waals surface area contributed by atoms with E-state index in [1.54, 1.807) is 0 Å². The summed E-state index contributed by atoms with van der Waals surface area (Å²) in [4.78, 5) is 2.15. The van der Waals surface area contributed by atoms with Crippen LogP contribution in [-0.4, -0.2) is 23.8 Å². The SMILES string of the molecule is CC1(O)CCN(c2c(N)cccc2Cl)CC1. The first-order valence-electron chi connectivity index (χ1n) is 5.51. The van der Waals surface area contributed by atoms with E-state index in [-0.39, 0.29) is 0 Å². The molecular formula is C12H17ClN2O. The van der Waals surface area contributed by atoms with Gasteiger partial charge < -0.3 is 15.7 Å². The number of anilines is 2. The van der Waals surface area contributed by atoms with E-state index in [4.69, 9.17) is 17.3 Å². The van der Waals surface area contributed by atoms with Crippen LogP contribution in [0.25, 0.3) is 0 Å². The minimum absolute atomic E-state index is 0.549. The minimum atomic E-state index is -0.549. The number of piperidine rings is 1. The molecule has 1 heterocycles. The van der Waals surface area contributed by atoms with Gasteiger partial charge in [-0.15, -0.1) is 0 Å². The molecule has 0 saturated carbocycles. The van der Waals surface area contributed by atoms with Gasteiger partial charge in [0.2, 0.25) is 0 Å². The Morgan fingerprint density at radius 2 is 2.00 bits per heavy atom. The molecule has 1 aromatic carbocycles. The minimum Gasteiger partial charge on any atom is -0.397 e. The largest absolute Gasteiger partial charge is 0.397 e. The summed E-state index contributed by atoms with van der Waals surface area (Å²) in [6.07, 6.45) is 1.50. The van der Waals surface area contributed by atoms with Gasteiger partial charge in [-0.3, -0.25) is 0 Å². The Labute approximate surface area is 101 Å². The van der Waals surface area contributed by atoms with Crippen LogP contribution in [0.3, 0.4) is 0 Å². The predicted octanol–water partition coefficient (Wildman–Crippen LogP) is 2.27. The number of aliphatic hydroxyl groups is 1. The van der Waals surface area contributed by atoms with E-state index in [1.807, 2.05) is 25.1 Å². The van der Waals surface area contributed by atoms with Crippen LogP contribution in [0.4, 0.5) is 11.4 Å². The lowest BCUT2D eigenvalue weighted by atomic mass is 9.93. The van der Waals surface area contributed by atoms with Crippen LogP contribution < -0.4 is 10.6 Å². The van der Waals surface area contributed by atoms with Crippen LogP contribution in [0.2, 0.25) is 5.02 Å². The molecule has 0 unspecified atom stereocenters. The van der Waals surface area contributed by atoms with Crippen LogP contribution in [0.1, 0.15) is 19.8 Å². The van der Waals surface area contributed by atoms with Gasteiger partial charge in [0.25, 0.3) is 0 Å². The quantitative estimate of drug-likeness (QED) is 0.741. The third-order valence-corrected chi connectivity index (χ3v) is 3.48. The van der Waals surface area contributed by atoms with Crippen molar-refractivity contribution in [2.75, 3.05) is 23.7 Å². The van der Waals surface area contributed by atoms with Crippen molar-refractivity contribution in [3.8, 4) is 0 Å². The molecule has 1 aliphatic rings. The Hall–Kier alpha value is -0.930. The molecule has 3 N–H and O–H groups in total. The van der Waals surface area contributed by atoms with Crippen LogP contribution in [0.5, 0.6) is 0 Å². The van der Waals surface area contributed by atoms with Crippen molar-refractivity contribution < 1.29 is 5.11 Å². The van der Waals surface area contributed by atoms with Crippen molar-refractivity contribution in [3.63, 3.8) is 0 Å². The molecular weight excluding hydrogens is 224 g/mol. The molecule has 1 saturated heterocycles. The van der Waals surface area contributed by atoms with Crippen molar-refractivity contribution in [2.24, 2.45) is 0 Å². The molecule has 88 valence electrons. The number of nitrogen functional groups attached to an aromatic ring is 1. The van der Waals surface area contributed by atoms with Crippen LogP contribution in [0.15, 0.2) is 18.2 Å². The van der Waals surface area contributed by atoms with Gasteiger partial charge in [0, 0.05) is 13.1 Å². The highest BCUT2D eigenvalue weighted by molar-refractivity contribution is 6.34. The number of hydrogen-bond donors (Lipinski definition) is 2. The third kappa shape index (κ3) is 2.25. The van der Waals surface area contributed by atoms with E-state index in [0.29, 0.717) is 10.7 Å². The Kier molecular flexibility index (Phi) is 3.00. The van der Waals surface area contributed by atoms with E-state index >= 15 is 0 Å². The Morgan fingerprint density at radius 3 is 2.56 bits per heavy atom. The summed E-state index contributed by atoms with van der Waals surface area (Å²) in [5.41, 5.74) is 6.99. The maximum absolute atomic E-state index is 9.89. The zero-order valence-electron chi connectivity index (χ0n) is 9.41. The number of rotatable bonds is 1. The Bertz CT molecular complexity index is 362. The second kappa shape index (κ2) is 4.15. The van der Waals surface area contributed by atoms with E-state index < -0.39 is 5.60 Å². The maximum atomic E-state index is 9.89. The van der Waals surface area contributed by atoms with Crippen molar-refractivity contribution in [1.82, 2.24) is 0 Å².